The number of hydrogen-bond acceptors (Lipinski definition) is 3. The van der Waals surface area contributed by atoms with Crippen molar-refractivity contribution in [3.05, 3.63) is 90.0 Å². The molecule has 0 bridgehead atoms. The van der Waals surface area contributed by atoms with Crippen molar-refractivity contribution in [2.75, 3.05) is 11.9 Å². The number of carbonyl (C=O) groups is 2. The highest BCUT2D eigenvalue weighted by Crippen LogP contribution is 2.30. The van der Waals surface area contributed by atoms with Gasteiger partial charge in [-0.1, -0.05) is 60.2 Å². The van der Waals surface area contributed by atoms with Gasteiger partial charge in [0.15, 0.2) is 5.75 Å². The second-order valence-corrected chi connectivity index (χ2v) is 7.56. The summed E-state index contributed by atoms with van der Waals surface area (Å²) >= 11 is 0. The molecule has 152 valence electrons. The topological polar surface area (TPSA) is 58.6 Å². The van der Waals surface area contributed by atoms with Crippen LogP contribution in [-0.4, -0.2) is 23.3 Å². The lowest BCUT2D eigenvalue weighted by Gasteiger charge is -2.17. The van der Waals surface area contributed by atoms with Crippen LogP contribution in [0.2, 0.25) is 0 Å². The number of rotatable bonds is 6. The van der Waals surface area contributed by atoms with Gasteiger partial charge in [0.1, 0.15) is 5.75 Å². The summed E-state index contributed by atoms with van der Waals surface area (Å²) in [6.45, 7) is 2.96. The fourth-order valence-corrected chi connectivity index (χ4v) is 3.53. The molecule has 0 aliphatic carbocycles. The predicted octanol–water partition coefficient (Wildman–Crippen LogP) is 4.77. The average molecular weight is 400 g/mol. The summed E-state index contributed by atoms with van der Waals surface area (Å²) < 4.78 is 5.96. The third kappa shape index (κ3) is 4.69. The molecule has 5 heteroatoms. The molecular weight excluding hydrogens is 376 g/mol. The maximum Gasteiger partial charge on any atom is 0.229 e. The summed E-state index contributed by atoms with van der Waals surface area (Å²) in [4.78, 5) is 27.0. The Kier molecular flexibility index (Phi) is 5.80. The normalized spacial score (nSPS) is 15.8. The predicted molar refractivity (Wildman–Crippen MR) is 116 cm³/mol. The van der Waals surface area contributed by atoms with Crippen LogP contribution in [0.15, 0.2) is 78.9 Å². The highest BCUT2D eigenvalue weighted by atomic mass is 16.5. The maximum atomic E-state index is 12.9. The summed E-state index contributed by atoms with van der Waals surface area (Å²) in [5, 5.41) is 2.95. The second-order valence-electron chi connectivity index (χ2n) is 7.56. The lowest BCUT2D eigenvalue weighted by Crippen LogP contribution is -2.28. The van der Waals surface area contributed by atoms with Gasteiger partial charge in [0.05, 0.1) is 11.6 Å². The van der Waals surface area contributed by atoms with Crippen molar-refractivity contribution in [3.8, 4) is 11.5 Å². The van der Waals surface area contributed by atoms with Gasteiger partial charge >= 0.3 is 0 Å². The smallest absolute Gasteiger partial charge is 0.229 e. The minimum absolute atomic E-state index is 0.00296. The van der Waals surface area contributed by atoms with E-state index in [1.165, 1.54) is 0 Å². The van der Waals surface area contributed by atoms with E-state index >= 15 is 0 Å². The Hall–Kier alpha value is -3.60. The van der Waals surface area contributed by atoms with Crippen molar-refractivity contribution in [1.82, 2.24) is 4.90 Å². The Morgan fingerprint density at radius 2 is 1.70 bits per heavy atom. The number of benzene rings is 3. The van der Waals surface area contributed by atoms with Crippen LogP contribution in [0.1, 0.15) is 17.5 Å². The van der Waals surface area contributed by atoms with E-state index in [0.717, 1.165) is 11.1 Å². The number of amides is 2. The lowest BCUT2D eigenvalue weighted by atomic mass is 10.1. The molecule has 5 nitrogen and oxygen atoms in total. The molecular formula is C25H24N2O3. The van der Waals surface area contributed by atoms with Crippen molar-refractivity contribution in [2.45, 2.75) is 19.9 Å². The minimum Gasteiger partial charge on any atom is -0.455 e. The molecule has 3 aromatic carbocycles. The Morgan fingerprint density at radius 3 is 2.47 bits per heavy atom. The highest BCUT2D eigenvalue weighted by molar-refractivity contribution is 5.98. The van der Waals surface area contributed by atoms with Crippen LogP contribution in [0.5, 0.6) is 11.5 Å². The van der Waals surface area contributed by atoms with Gasteiger partial charge in [-0.05, 0) is 36.8 Å². The molecule has 0 saturated carbocycles. The van der Waals surface area contributed by atoms with Crippen molar-refractivity contribution in [3.63, 3.8) is 0 Å². The van der Waals surface area contributed by atoms with Crippen molar-refractivity contribution in [1.29, 1.82) is 0 Å². The number of ether oxygens (including phenoxy) is 1. The van der Waals surface area contributed by atoms with Crippen molar-refractivity contribution >= 4 is 17.5 Å². The first-order chi connectivity index (χ1) is 14.6. The third-order valence-electron chi connectivity index (χ3n) is 5.20. The first-order valence-corrected chi connectivity index (χ1v) is 10.0. The summed E-state index contributed by atoms with van der Waals surface area (Å²) in [5.74, 6) is 0.725. The van der Waals surface area contributed by atoms with E-state index in [2.05, 4.69) is 5.32 Å². The number of carbonyl (C=O) groups excluding carboxylic acids is 2. The van der Waals surface area contributed by atoms with E-state index < -0.39 is 0 Å². The molecule has 1 unspecified atom stereocenters. The molecule has 1 N–H and O–H groups in total. The largest absolute Gasteiger partial charge is 0.455 e. The SMILES string of the molecule is Cc1ccc(Oc2ccccc2NC(=O)C2CC(=O)N(Cc3ccccc3)C2)cc1. The molecule has 1 saturated heterocycles. The van der Waals surface area contributed by atoms with Crippen LogP contribution in [-0.2, 0) is 16.1 Å². The molecule has 0 radical (unpaired) electrons. The number of hydrogen-bond donors (Lipinski definition) is 1. The van der Waals surface area contributed by atoms with Crippen LogP contribution >= 0.6 is 0 Å². The molecule has 0 aromatic heterocycles. The minimum atomic E-state index is -0.381. The Morgan fingerprint density at radius 1 is 1.00 bits per heavy atom. The summed E-state index contributed by atoms with van der Waals surface area (Å²) in [5.41, 5.74) is 2.80. The monoisotopic (exact) mass is 400 g/mol. The zero-order valence-electron chi connectivity index (χ0n) is 16.9. The van der Waals surface area contributed by atoms with E-state index in [-0.39, 0.29) is 24.2 Å². The van der Waals surface area contributed by atoms with Crippen LogP contribution in [0, 0.1) is 12.8 Å². The fraction of sp³-hybridized carbons (Fsp3) is 0.200. The van der Waals surface area contributed by atoms with Gasteiger partial charge in [-0.2, -0.15) is 0 Å². The van der Waals surface area contributed by atoms with E-state index in [4.69, 9.17) is 4.74 Å². The molecule has 1 aliphatic rings. The van der Waals surface area contributed by atoms with Crippen LogP contribution in [0.25, 0.3) is 0 Å². The van der Waals surface area contributed by atoms with E-state index in [0.29, 0.717) is 30.3 Å². The van der Waals surface area contributed by atoms with Gasteiger partial charge in [-0.15, -0.1) is 0 Å². The lowest BCUT2D eigenvalue weighted by molar-refractivity contribution is -0.128. The van der Waals surface area contributed by atoms with Gasteiger partial charge < -0.3 is 15.0 Å². The van der Waals surface area contributed by atoms with E-state index in [1.54, 1.807) is 11.0 Å². The third-order valence-corrected chi connectivity index (χ3v) is 5.20. The molecule has 3 aromatic rings. The van der Waals surface area contributed by atoms with Gasteiger partial charge in [0.2, 0.25) is 11.8 Å². The number of anilines is 1. The number of likely N-dealkylation sites (tertiary alicyclic amines) is 1. The summed E-state index contributed by atoms with van der Waals surface area (Å²) in [7, 11) is 0. The molecule has 30 heavy (non-hydrogen) atoms. The number of nitrogens with one attached hydrogen (secondary N) is 1. The number of aryl methyl sites for hydroxylation is 1. The Labute approximate surface area is 176 Å². The first kappa shape index (κ1) is 19.7. The van der Waals surface area contributed by atoms with Crippen molar-refractivity contribution < 1.29 is 14.3 Å². The Bertz CT molecular complexity index is 1030. The summed E-state index contributed by atoms with van der Waals surface area (Å²) in [6, 6.07) is 24.9. The van der Waals surface area contributed by atoms with Gasteiger partial charge in [0.25, 0.3) is 0 Å². The average Bonchev–Trinajstić information content (AvgIpc) is 3.12. The quantitative estimate of drug-likeness (QED) is 0.648. The first-order valence-electron chi connectivity index (χ1n) is 10.0. The standard InChI is InChI=1S/C25H24N2O3/c1-18-11-13-21(14-12-18)30-23-10-6-5-9-22(23)26-25(29)20-15-24(28)27(17-20)16-19-7-3-2-4-8-19/h2-14,20H,15-17H2,1H3,(H,26,29). The van der Waals surface area contributed by atoms with Gasteiger partial charge in [-0.25, -0.2) is 0 Å². The molecule has 4 rings (SSSR count). The second kappa shape index (κ2) is 8.82. The molecule has 1 fully saturated rings. The van der Waals surface area contributed by atoms with E-state index in [9.17, 15) is 9.59 Å². The molecule has 0 spiro atoms. The van der Waals surface area contributed by atoms with Crippen LogP contribution in [0.4, 0.5) is 5.69 Å². The molecule has 1 heterocycles. The maximum absolute atomic E-state index is 12.9. The highest BCUT2D eigenvalue weighted by Gasteiger charge is 2.34. The zero-order valence-corrected chi connectivity index (χ0v) is 16.9. The Balaban J connectivity index is 1.42. The van der Waals surface area contributed by atoms with Crippen molar-refractivity contribution in [2.24, 2.45) is 5.92 Å². The number of para-hydroxylation sites is 2. The fourth-order valence-electron chi connectivity index (χ4n) is 3.53. The molecule has 2 amide bonds. The van der Waals surface area contributed by atoms with E-state index in [1.807, 2.05) is 79.7 Å². The zero-order chi connectivity index (χ0) is 20.9. The number of nitrogens with zero attached hydrogens (tertiary/aromatic N) is 1. The summed E-state index contributed by atoms with van der Waals surface area (Å²) in [6.07, 6.45) is 0.222. The van der Waals surface area contributed by atoms with Gasteiger partial charge in [0, 0.05) is 19.5 Å². The molecule has 1 aliphatic heterocycles. The van der Waals surface area contributed by atoms with Crippen LogP contribution in [0.3, 0.4) is 0 Å². The van der Waals surface area contributed by atoms with Gasteiger partial charge in [-0.3, -0.25) is 9.59 Å². The molecule has 1 atom stereocenters. The van der Waals surface area contributed by atoms with Crippen LogP contribution < -0.4 is 10.1 Å².